The van der Waals surface area contributed by atoms with Gasteiger partial charge in [-0.25, -0.2) is 0 Å². The Hall–Kier alpha value is -2.44. The zero-order valence-electron chi connectivity index (χ0n) is 10.1. The summed E-state index contributed by atoms with van der Waals surface area (Å²) < 4.78 is 1.40. The lowest BCUT2D eigenvalue weighted by molar-refractivity contribution is 0.0682. The van der Waals surface area contributed by atoms with Gasteiger partial charge in [0.2, 0.25) is 5.43 Å². The molecule has 0 saturated heterocycles. The van der Waals surface area contributed by atoms with E-state index in [2.05, 4.69) is 10.6 Å². The van der Waals surface area contributed by atoms with Crippen LogP contribution in [0.25, 0.3) is 0 Å². The maximum absolute atomic E-state index is 12.4. The standard InChI is InChI=1S/C12H12N4O3/c17-8-5-7-16-11(10(8)14-19)12(18)15-6-3-1-2-4-9(15)13-16/h2,4-5,7,9,13H,1,3,6H2. The number of nitrogens with one attached hydrogen (secondary N) is 1. The Labute approximate surface area is 108 Å². The third-order valence-electron chi connectivity index (χ3n) is 3.32. The number of carbonyl (C=O) groups excluding carboxylic acids is 1. The van der Waals surface area contributed by atoms with Crippen LogP contribution in [0.15, 0.2) is 34.4 Å². The molecule has 0 saturated carbocycles. The number of nitroso groups, excluding NO2 is 1. The molecule has 7 heteroatoms. The van der Waals surface area contributed by atoms with Crippen LogP contribution in [0.2, 0.25) is 0 Å². The summed E-state index contributed by atoms with van der Waals surface area (Å²) in [6.07, 6.45) is 6.84. The second-order valence-corrected chi connectivity index (χ2v) is 4.48. The number of rotatable bonds is 1. The van der Waals surface area contributed by atoms with Crippen LogP contribution >= 0.6 is 0 Å². The van der Waals surface area contributed by atoms with Crippen molar-refractivity contribution in [3.63, 3.8) is 0 Å². The molecule has 0 fully saturated rings. The van der Waals surface area contributed by atoms with Gasteiger partial charge in [-0.3, -0.25) is 19.7 Å². The lowest BCUT2D eigenvalue weighted by atomic mass is 10.2. The molecule has 0 aromatic carbocycles. The molecule has 98 valence electrons. The van der Waals surface area contributed by atoms with Gasteiger partial charge in [-0.15, -0.1) is 4.91 Å². The van der Waals surface area contributed by atoms with Gasteiger partial charge in [-0.2, -0.15) is 0 Å². The molecule has 1 atom stereocenters. The van der Waals surface area contributed by atoms with E-state index in [-0.39, 0.29) is 23.5 Å². The number of hydrogen-bond acceptors (Lipinski definition) is 5. The van der Waals surface area contributed by atoms with E-state index in [1.807, 2.05) is 12.2 Å². The second-order valence-electron chi connectivity index (χ2n) is 4.48. The summed E-state index contributed by atoms with van der Waals surface area (Å²) in [7, 11) is 0. The van der Waals surface area contributed by atoms with Gasteiger partial charge in [0.15, 0.2) is 11.4 Å². The lowest BCUT2D eigenvalue weighted by Gasteiger charge is -2.36. The number of hydrogen-bond donors (Lipinski definition) is 1. The smallest absolute Gasteiger partial charge is 0.276 e. The highest BCUT2D eigenvalue weighted by Gasteiger charge is 2.33. The Kier molecular flexibility index (Phi) is 2.66. The molecular formula is C12H12N4O3. The molecule has 0 bridgehead atoms. The molecule has 2 aliphatic heterocycles. The average Bonchev–Trinajstić information content (AvgIpc) is 2.65. The monoisotopic (exact) mass is 260 g/mol. The highest BCUT2D eigenvalue weighted by Crippen LogP contribution is 2.23. The number of fused-ring (bicyclic) bond motifs is 2. The number of carbonyl (C=O) groups is 1. The Morgan fingerprint density at radius 2 is 2.21 bits per heavy atom. The maximum Gasteiger partial charge on any atom is 0.276 e. The largest absolute Gasteiger partial charge is 0.312 e. The number of allylic oxidation sites excluding steroid dienone is 1. The van der Waals surface area contributed by atoms with E-state index in [1.54, 1.807) is 4.90 Å². The van der Waals surface area contributed by atoms with E-state index in [0.717, 1.165) is 12.8 Å². The summed E-state index contributed by atoms with van der Waals surface area (Å²) in [5.41, 5.74) is 2.19. The molecule has 0 radical (unpaired) electrons. The topological polar surface area (TPSA) is 83.8 Å². The van der Waals surface area contributed by atoms with Crippen molar-refractivity contribution in [2.24, 2.45) is 5.18 Å². The number of amides is 1. The van der Waals surface area contributed by atoms with Gasteiger partial charge >= 0.3 is 0 Å². The van der Waals surface area contributed by atoms with Gasteiger partial charge in [-0.05, 0) is 24.1 Å². The van der Waals surface area contributed by atoms with E-state index in [9.17, 15) is 14.5 Å². The predicted molar refractivity (Wildman–Crippen MR) is 68.7 cm³/mol. The van der Waals surface area contributed by atoms with Gasteiger partial charge in [0.25, 0.3) is 5.91 Å². The summed E-state index contributed by atoms with van der Waals surface area (Å²) in [5.74, 6) is -0.345. The van der Waals surface area contributed by atoms with Crippen LogP contribution < -0.4 is 10.9 Å². The first-order chi connectivity index (χ1) is 9.22. The molecular weight excluding hydrogens is 248 g/mol. The maximum atomic E-state index is 12.4. The Balaban J connectivity index is 2.16. The molecule has 3 heterocycles. The van der Waals surface area contributed by atoms with E-state index < -0.39 is 5.43 Å². The summed E-state index contributed by atoms with van der Waals surface area (Å²) in [6, 6.07) is 1.22. The van der Waals surface area contributed by atoms with Crippen molar-refractivity contribution >= 4 is 11.6 Å². The van der Waals surface area contributed by atoms with Crippen LogP contribution in [0.4, 0.5) is 5.69 Å². The summed E-state index contributed by atoms with van der Waals surface area (Å²) in [5, 5.41) is 2.71. The normalized spacial score (nSPS) is 21.2. The molecule has 2 aliphatic rings. The van der Waals surface area contributed by atoms with Gasteiger partial charge in [-0.1, -0.05) is 6.08 Å². The fourth-order valence-electron chi connectivity index (χ4n) is 2.39. The van der Waals surface area contributed by atoms with E-state index in [1.165, 1.54) is 16.9 Å². The van der Waals surface area contributed by atoms with Crippen LogP contribution in [-0.4, -0.2) is 28.2 Å². The van der Waals surface area contributed by atoms with Gasteiger partial charge in [0, 0.05) is 18.8 Å². The molecule has 1 N–H and O–H groups in total. The van der Waals surface area contributed by atoms with Gasteiger partial charge < -0.3 is 4.90 Å². The van der Waals surface area contributed by atoms with Crippen molar-refractivity contribution in [2.75, 3.05) is 12.0 Å². The zero-order valence-corrected chi connectivity index (χ0v) is 10.1. The van der Waals surface area contributed by atoms with Crippen molar-refractivity contribution in [3.05, 3.63) is 45.2 Å². The minimum Gasteiger partial charge on any atom is -0.312 e. The van der Waals surface area contributed by atoms with Crippen LogP contribution in [0.1, 0.15) is 23.3 Å². The molecule has 1 amide bonds. The van der Waals surface area contributed by atoms with Crippen molar-refractivity contribution in [1.82, 2.24) is 9.58 Å². The lowest BCUT2D eigenvalue weighted by Crippen LogP contribution is -2.52. The first kappa shape index (κ1) is 11.6. The second kappa shape index (κ2) is 4.34. The molecule has 7 nitrogen and oxygen atoms in total. The summed E-state index contributed by atoms with van der Waals surface area (Å²) >= 11 is 0. The third-order valence-corrected chi connectivity index (χ3v) is 3.32. The molecule has 3 rings (SSSR count). The summed E-state index contributed by atoms with van der Waals surface area (Å²) in [4.78, 5) is 36.4. The fraction of sp³-hybridized carbons (Fsp3) is 0.333. The Bertz CT molecular complexity index is 634. The van der Waals surface area contributed by atoms with Crippen LogP contribution in [-0.2, 0) is 0 Å². The van der Waals surface area contributed by atoms with Crippen LogP contribution in [0.5, 0.6) is 0 Å². The Morgan fingerprint density at radius 3 is 3.00 bits per heavy atom. The number of pyridine rings is 1. The molecule has 0 aliphatic carbocycles. The predicted octanol–water partition coefficient (Wildman–Crippen LogP) is 0.922. The van der Waals surface area contributed by atoms with Crippen molar-refractivity contribution in [2.45, 2.75) is 19.0 Å². The SMILES string of the molecule is O=Nc1c2n(ccc1=O)NC1C=CCCCN1C2=O. The first-order valence-corrected chi connectivity index (χ1v) is 6.05. The molecule has 1 unspecified atom stereocenters. The fourth-order valence-corrected chi connectivity index (χ4v) is 2.39. The summed E-state index contributed by atoms with van der Waals surface area (Å²) in [6.45, 7) is 0.574. The highest BCUT2D eigenvalue weighted by molar-refractivity contribution is 5.98. The van der Waals surface area contributed by atoms with Crippen molar-refractivity contribution in [1.29, 1.82) is 0 Å². The number of aromatic nitrogens is 1. The van der Waals surface area contributed by atoms with E-state index in [0.29, 0.717) is 6.54 Å². The minimum atomic E-state index is -0.541. The zero-order chi connectivity index (χ0) is 13.4. The Morgan fingerprint density at radius 1 is 1.37 bits per heavy atom. The van der Waals surface area contributed by atoms with Gasteiger partial charge in [0.05, 0.1) is 0 Å². The van der Waals surface area contributed by atoms with Gasteiger partial charge in [0.1, 0.15) is 6.17 Å². The van der Waals surface area contributed by atoms with Crippen molar-refractivity contribution in [3.8, 4) is 0 Å². The quantitative estimate of drug-likeness (QED) is 0.601. The average molecular weight is 260 g/mol. The van der Waals surface area contributed by atoms with Crippen molar-refractivity contribution < 1.29 is 4.79 Å². The van der Waals surface area contributed by atoms with Crippen LogP contribution in [0, 0.1) is 4.91 Å². The molecule has 0 spiro atoms. The van der Waals surface area contributed by atoms with Crippen LogP contribution in [0.3, 0.4) is 0 Å². The first-order valence-electron chi connectivity index (χ1n) is 6.05. The minimum absolute atomic E-state index is 0.00838. The molecule has 1 aromatic rings. The molecule has 19 heavy (non-hydrogen) atoms. The number of nitrogens with zero attached hydrogens (tertiary/aromatic N) is 3. The highest BCUT2D eigenvalue weighted by atomic mass is 16.3. The van der Waals surface area contributed by atoms with E-state index >= 15 is 0 Å². The van der Waals surface area contributed by atoms with E-state index in [4.69, 9.17) is 0 Å². The third kappa shape index (κ3) is 1.74. The molecule has 1 aromatic heterocycles.